The molecule has 0 saturated heterocycles. The van der Waals surface area contributed by atoms with E-state index in [-0.39, 0.29) is 0 Å². The van der Waals surface area contributed by atoms with Crippen molar-refractivity contribution >= 4 is 20.1 Å². The highest BCUT2D eigenvalue weighted by Gasteiger charge is 2.34. The number of hydrogen-bond acceptors (Lipinski definition) is 0. The maximum atomic E-state index is 4.56. The topological polar surface area (TPSA) is 0 Å². The lowest BCUT2D eigenvalue weighted by atomic mass is 10.3. The third-order valence-electron chi connectivity index (χ3n) is 7.07. The van der Waals surface area contributed by atoms with Gasteiger partial charge in [0.15, 0.2) is 0 Å². The van der Waals surface area contributed by atoms with Crippen LogP contribution in [0.2, 0.25) is 0 Å². The molecule has 0 aromatic heterocycles. The van der Waals surface area contributed by atoms with Gasteiger partial charge < -0.3 is 0 Å². The Morgan fingerprint density at radius 1 is 0.591 bits per heavy atom. The van der Waals surface area contributed by atoms with Crippen molar-refractivity contribution in [1.82, 2.24) is 0 Å². The molecule has 0 nitrogen and oxygen atoms in total. The van der Waals surface area contributed by atoms with Gasteiger partial charge in [0, 0.05) is 19.6 Å². The molecule has 0 radical (unpaired) electrons. The Bertz CT molecular complexity index is 1380. The predicted octanol–water partition coefficient (Wildman–Crippen LogP) is 14.0. The molecule has 0 aliphatic rings. The number of allylic oxidation sites excluding steroid dienone is 6. The van der Waals surface area contributed by atoms with Crippen LogP contribution in [0.5, 0.6) is 0 Å². The maximum absolute atomic E-state index is 4.56. The molecule has 232 valence electrons. The highest BCUT2D eigenvalue weighted by atomic mass is 32.3. The molecule has 4 aromatic carbocycles. The van der Waals surface area contributed by atoms with Crippen LogP contribution < -0.4 is 0 Å². The summed E-state index contributed by atoms with van der Waals surface area (Å²) in [5, 5.41) is 0. The summed E-state index contributed by atoms with van der Waals surface area (Å²) >= 11 is 0. The van der Waals surface area contributed by atoms with E-state index in [0.717, 1.165) is 10.7 Å². The quantitative estimate of drug-likeness (QED) is 0.146. The molecule has 0 fully saturated rings. The zero-order chi connectivity index (χ0) is 32.4. The Hall–Kier alpha value is -3.72. The Morgan fingerprint density at radius 3 is 1.30 bits per heavy atom. The van der Waals surface area contributed by atoms with Crippen LogP contribution in [-0.2, 0) is 0 Å². The van der Waals surface area contributed by atoms with Crippen molar-refractivity contribution in [3.8, 4) is 0 Å². The zero-order valence-electron chi connectivity index (χ0n) is 27.7. The van der Waals surface area contributed by atoms with Crippen LogP contribution in [-0.4, -0.2) is 5.75 Å². The molecule has 0 spiro atoms. The summed E-state index contributed by atoms with van der Waals surface area (Å²) in [5.74, 6) is 0.969. The first-order chi connectivity index (χ1) is 21.5. The van der Waals surface area contributed by atoms with Gasteiger partial charge in [-0.2, -0.15) is 10.0 Å². The molecule has 4 rings (SSSR count). The van der Waals surface area contributed by atoms with Gasteiger partial charge in [0.2, 0.25) is 0 Å². The maximum Gasteiger partial charge on any atom is 0.00237 e. The average molecular weight is 621 g/mol. The smallest absolute Gasteiger partial charge is 0.00237 e. The van der Waals surface area contributed by atoms with Gasteiger partial charge >= 0.3 is 0 Å². The number of rotatable bonds is 11. The second-order valence-electron chi connectivity index (χ2n) is 9.83. The summed E-state index contributed by atoms with van der Waals surface area (Å²) in [6.07, 6.45) is 11.2. The van der Waals surface area contributed by atoms with Crippen LogP contribution in [0.4, 0.5) is 0 Å². The highest BCUT2D eigenvalue weighted by Crippen LogP contribution is 2.74. The van der Waals surface area contributed by atoms with Crippen molar-refractivity contribution in [1.29, 1.82) is 0 Å². The van der Waals surface area contributed by atoms with Crippen molar-refractivity contribution < 1.29 is 0 Å². The van der Waals surface area contributed by atoms with Gasteiger partial charge in [-0.15, -0.1) is 10.0 Å². The largest absolute Gasteiger partial charge is 0.165 e. The summed E-state index contributed by atoms with van der Waals surface area (Å²) in [6, 6.07) is 42.3. The summed E-state index contributed by atoms with van der Waals surface area (Å²) in [6.45, 7) is 25.2. The lowest BCUT2D eigenvalue weighted by Crippen LogP contribution is -2.08. The Balaban J connectivity index is 0.00000127. The minimum atomic E-state index is -1.72. The first-order valence-electron chi connectivity index (χ1n) is 15.6. The molecule has 44 heavy (non-hydrogen) atoms. The molecular formula is C42H52S2. The van der Waals surface area contributed by atoms with Gasteiger partial charge in [-0.1, -0.05) is 146 Å². The summed E-state index contributed by atoms with van der Waals surface area (Å²) in [7, 11) is -3.21. The van der Waals surface area contributed by atoms with Crippen LogP contribution >= 0.6 is 20.1 Å². The van der Waals surface area contributed by atoms with Gasteiger partial charge in [-0.3, -0.25) is 0 Å². The van der Waals surface area contributed by atoms with E-state index in [1.165, 1.54) is 35.8 Å². The molecule has 0 bridgehead atoms. The van der Waals surface area contributed by atoms with E-state index < -0.39 is 20.1 Å². The molecule has 1 atom stereocenters. The van der Waals surface area contributed by atoms with Gasteiger partial charge in [-0.25, -0.2) is 0 Å². The summed E-state index contributed by atoms with van der Waals surface area (Å²) in [5.41, 5.74) is 0. The normalized spacial score (nSPS) is 13.6. The van der Waals surface area contributed by atoms with E-state index in [9.17, 15) is 0 Å². The first-order valence-corrected chi connectivity index (χ1v) is 19.1. The third-order valence-corrected chi connectivity index (χ3v) is 15.2. The van der Waals surface area contributed by atoms with Crippen LogP contribution in [0.25, 0.3) is 0 Å². The van der Waals surface area contributed by atoms with E-state index in [1.807, 2.05) is 32.1 Å². The molecule has 1 unspecified atom stereocenters. The molecular weight excluding hydrogens is 569 g/mol. The predicted molar refractivity (Wildman–Crippen MR) is 203 cm³/mol. The molecule has 0 saturated carbocycles. The molecule has 0 heterocycles. The van der Waals surface area contributed by atoms with E-state index >= 15 is 0 Å². The fourth-order valence-electron chi connectivity index (χ4n) is 5.26. The first kappa shape index (κ1) is 36.5. The molecule has 0 N–H and O–H groups in total. The van der Waals surface area contributed by atoms with Crippen LogP contribution in [0.15, 0.2) is 200 Å². The Labute approximate surface area is 272 Å². The number of hydrogen-bond donors (Lipinski definition) is 0. The van der Waals surface area contributed by atoms with Crippen molar-refractivity contribution in [2.75, 3.05) is 5.75 Å². The van der Waals surface area contributed by atoms with Crippen molar-refractivity contribution in [3.63, 3.8) is 0 Å². The van der Waals surface area contributed by atoms with Crippen LogP contribution in [0.3, 0.4) is 0 Å². The Kier molecular flexibility index (Phi) is 15.6. The standard InChI is InChI=1S/C37H38S2.C3H8.C2H6/c1-6-9-20-32(5)38(8-3,31(4)19-7-2)33-27-29-37(30-28-33)39(34-21-13-10-14-22-34,35-23-15-11-16-24-35)36-25-17-12-18-26-36;1-3-2;1-2/h6-7,9-30H,1-2,5,8H2,3-4H3;3H2,1-2H3;1-2H3/b20-9-,31-19+;;. The fraction of sp³-hybridized carbons (Fsp3) is 0.190. The summed E-state index contributed by atoms with van der Waals surface area (Å²) in [4.78, 5) is 9.03. The van der Waals surface area contributed by atoms with E-state index in [2.05, 4.69) is 175 Å². The van der Waals surface area contributed by atoms with Gasteiger partial charge in [0.05, 0.1) is 0 Å². The van der Waals surface area contributed by atoms with Gasteiger partial charge in [-0.05, 0) is 88.0 Å². The van der Waals surface area contributed by atoms with E-state index in [0.29, 0.717) is 0 Å². The second-order valence-corrected chi connectivity index (χ2v) is 16.6. The average Bonchev–Trinajstić information content (AvgIpc) is 3.08. The van der Waals surface area contributed by atoms with Crippen molar-refractivity contribution in [2.24, 2.45) is 0 Å². The highest BCUT2D eigenvalue weighted by molar-refractivity contribution is 8.40. The van der Waals surface area contributed by atoms with Crippen molar-refractivity contribution in [3.05, 3.63) is 175 Å². The van der Waals surface area contributed by atoms with E-state index in [4.69, 9.17) is 0 Å². The number of benzene rings is 4. The molecule has 2 heteroatoms. The molecule has 4 aromatic rings. The fourth-order valence-corrected chi connectivity index (χ4v) is 12.6. The second kappa shape index (κ2) is 18.8. The minimum absolute atomic E-state index is 0.969. The summed E-state index contributed by atoms with van der Waals surface area (Å²) < 4.78 is 0. The van der Waals surface area contributed by atoms with Gasteiger partial charge in [0.25, 0.3) is 0 Å². The third kappa shape index (κ3) is 7.86. The van der Waals surface area contributed by atoms with Gasteiger partial charge in [0.1, 0.15) is 0 Å². The lowest BCUT2D eigenvalue weighted by Gasteiger charge is -2.44. The molecule has 0 aliphatic carbocycles. The Morgan fingerprint density at radius 2 is 0.955 bits per heavy atom. The van der Waals surface area contributed by atoms with Crippen molar-refractivity contribution in [2.45, 2.75) is 72.4 Å². The van der Waals surface area contributed by atoms with E-state index in [1.54, 1.807) is 0 Å². The minimum Gasteiger partial charge on any atom is -0.165 e. The van der Waals surface area contributed by atoms with Crippen LogP contribution in [0, 0.1) is 0 Å². The molecule has 0 amide bonds. The zero-order valence-corrected chi connectivity index (χ0v) is 29.3. The van der Waals surface area contributed by atoms with Crippen LogP contribution in [0.1, 0.15) is 48.0 Å². The lowest BCUT2D eigenvalue weighted by molar-refractivity contribution is 1.09. The monoisotopic (exact) mass is 620 g/mol. The SMILES string of the molecule is C=C/C=C\C(=C)S(CC)(/C(C)=C/C=C)c1ccc(S(c2ccccc2)(c2ccccc2)c2ccccc2)cc1.CC.CCC. The molecule has 0 aliphatic heterocycles.